The Bertz CT molecular complexity index is 819. The van der Waals surface area contributed by atoms with Crippen molar-refractivity contribution in [3.63, 3.8) is 0 Å². The Morgan fingerprint density at radius 3 is 2.82 bits per heavy atom. The maximum absolute atomic E-state index is 12.4. The van der Waals surface area contributed by atoms with Crippen molar-refractivity contribution in [3.8, 4) is 0 Å². The van der Waals surface area contributed by atoms with Gasteiger partial charge in [0.1, 0.15) is 10.7 Å². The molecule has 0 spiro atoms. The summed E-state index contributed by atoms with van der Waals surface area (Å²) in [5.41, 5.74) is 1.65. The number of aromatic nitrogens is 3. The molecule has 2 aromatic heterocycles. The molecule has 2 heterocycles. The number of fused-ring (bicyclic) bond motifs is 1. The number of nitrogens with one attached hydrogen (secondary N) is 1. The third-order valence-corrected chi connectivity index (χ3v) is 4.32. The Morgan fingerprint density at radius 1 is 1.32 bits per heavy atom. The van der Waals surface area contributed by atoms with E-state index in [2.05, 4.69) is 29.4 Å². The minimum Gasteiger partial charge on any atom is -0.340 e. The van der Waals surface area contributed by atoms with Crippen LogP contribution in [0.3, 0.4) is 0 Å². The molecule has 6 heteroatoms. The topological polar surface area (TPSA) is 59.8 Å². The molecule has 1 amide bonds. The first-order valence-electron chi connectivity index (χ1n) is 7.23. The number of carbonyl (C=O) groups excluding carboxylic acids is 1. The molecule has 0 aliphatic rings. The van der Waals surface area contributed by atoms with E-state index in [9.17, 15) is 4.79 Å². The van der Waals surface area contributed by atoms with Gasteiger partial charge in [-0.2, -0.15) is 0 Å². The lowest BCUT2D eigenvalue weighted by Gasteiger charge is -2.03. The van der Waals surface area contributed by atoms with Crippen molar-refractivity contribution in [2.45, 2.75) is 20.3 Å². The lowest BCUT2D eigenvalue weighted by atomic mass is 10.1. The van der Waals surface area contributed by atoms with Gasteiger partial charge >= 0.3 is 0 Å². The summed E-state index contributed by atoms with van der Waals surface area (Å²) in [6, 6.07) is 9.82. The lowest BCUT2D eigenvalue weighted by Crippen LogP contribution is -2.15. The maximum atomic E-state index is 12.4. The van der Waals surface area contributed by atoms with Gasteiger partial charge in [-0.25, -0.2) is 0 Å². The van der Waals surface area contributed by atoms with Gasteiger partial charge in [0.05, 0.1) is 0 Å². The quantitative estimate of drug-likeness (QED) is 0.802. The Kier molecular flexibility index (Phi) is 3.94. The van der Waals surface area contributed by atoms with Crippen LogP contribution in [0.15, 0.2) is 30.3 Å². The summed E-state index contributed by atoms with van der Waals surface area (Å²) in [5.74, 6) is 0.362. The first kappa shape index (κ1) is 14.7. The molecule has 0 unspecified atom stereocenters. The second-order valence-corrected chi connectivity index (χ2v) is 6.76. The molecule has 0 atom stereocenters. The second-order valence-electron chi connectivity index (χ2n) is 5.70. The zero-order valence-electron chi connectivity index (χ0n) is 12.8. The number of rotatable bonds is 4. The minimum atomic E-state index is -0.161. The SMILES string of the molecule is CC(C)Cc1nnc(NC(=O)c2cc3ccccc3n2C)s1. The van der Waals surface area contributed by atoms with Crippen molar-refractivity contribution >= 4 is 33.3 Å². The van der Waals surface area contributed by atoms with E-state index in [-0.39, 0.29) is 5.91 Å². The van der Waals surface area contributed by atoms with E-state index in [1.807, 2.05) is 41.9 Å². The number of hydrogen-bond acceptors (Lipinski definition) is 4. The molecule has 3 aromatic rings. The second kappa shape index (κ2) is 5.88. The fourth-order valence-electron chi connectivity index (χ4n) is 2.40. The van der Waals surface area contributed by atoms with E-state index in [1.165, 1.54) is 11.3 Å². The van der Waals surface area contributed by atoms with E-state index in [0.29, 0.717) is 16.7 Å². The molecule has 3 rings (SSSR count). The average Bonchev–Trinajstić information content (AvgIpc) is 3.04. The zero-order valence-corrected chi connectivity index (χ0v) is 13.6. The highest BCUT2D eigenvalue weighted by Gasteiger charge is 2.15. The number of hydrogen-bond donors (Lipinski definition) is 1. The third-order valence-electron chi connectivity index (χ3n) is 3.45. The number of anilines is 1. The van der Waals surface area contributed by atoms with Gasteiger partial charge in [0.2, 0.25) is 5.13 Å². The van der Waals surface area contributed by atoms with Gasteiger partial charge in [0.15, 0.2) is 0 Å². The molecule has 1 aromatic carbocycles. The normalized spacial score (nSPS) is 11.3. The summed E-state index contributed by atoms with van der Waals surface area (Å²) in [6.45, 7) is 4.27. The summed E-state index contributed by atoms with van der Waals surface area (Å²) in [4.78, 5) is 12.4. The molecule has 0 saturated heterocycles. The van der Waals surface area contributed by atoms with E-state index in [0.717, 1.165) is 22.3 Å². The van der Waals surface area contributed by atoms with Gasteiger partial charge in [-0.15, -0.1) is 10.2 Å². The first-order valence-corrected chi connectivity index (χ1v) is 8.04. The van der Waals surface area contributed by atoms with E-state index >= 15 is 0 Å². The van der Waals surface area contributed by atoms with Crippen LogP contribution in [0.25, 0.3) is 10.9 Å². The van der Waals surface area contributed by atoms with Crippen LogP contribution in [0.4, 0.5) is 5.13 Å². The van der Waals surface area contributed by atoms with Crippen molar-refractivity contribution in [3.05, 3.63) is 41.0 Å². The molecule has 0 aliphatic carbocycles. The first-order chi connectivity index (χ1) is 10.5. The number of carbonyl (C=O) groups is 1. The Balaban J connectivity index is 1.81. The van der Waals surface area contributed by atoms with Gasteiger partial charge in [-0.3, -0.25) is 10.1 Å². The highest BCUT2D eigenvalue weighted by molar-refractivity contribution is 7.15. The molecule has 0 fully saturated rings. The number of amides is 1. The molecule has 1 N–H and O–H groups in total. The third kappa shape index (κ3) is 2.87. The highest BCUT2D eigenvalue weighted by Crippen LogP contribution is 2.21. The molecule has 0 bridgehead atoms. The van der Waals surface area contributed by atoms with Crippen molar-refractivity contribution in [2.75, 3.05) is 5.32 Å². The number of aryl methyl sites for hydroxylation is 1. The van der Waals surface area contributed by atoms with E-state index < -0.39 is 0 Å². The molecular weight excluding hydrogens is 296 g/mol. The largest absolute Gasteiger partial charge is 0.340 e. The molecule has 0 radical (unpaired) electrons. The number of nitrogens with zero attached hydrogens (tertiary/aromatic N) is 3. The van der Waals surface area contributed by atoms with Crippen LogP contribution in [-0.4, -0.2) is 20.7 Å². The molecule has 5 nitrogen and oxygen atoms in total. The van der Waals surface area contributed by atoms with Crippen LogP contribution in [0.2, 0.25) is 0 Å². The van der Waals surface area contributed by atoms with Gasteiger partial charge in [0, 0.05) is 24.4 Å². The smallest absolute Gasteiger partial charge is 0.274 e. The maximum Gasteiger partial charge on any atom is 0.274 e. The van der Waals surface area contributed by atoms with Crippen molar-refractivity contribution < 1.29 is 4.79 Å². The van der Waals surface area contributed by atoms with Crippen LogP contribution < -0.4 is 5.32 Å². The number of para-hydroxylation sites is 1. The standard InChI is InChI=1S/C16H18N4OS/c1-10(2)8-14-18-19-16(22-14)17-15(21)13-9-11-6-4-5-7-12(11)20(13)3/h4-7,9-10H,8H2,1-3H3,(H,17,19,21). The fraction of sp³-hybridized carbons (Fsp3) is 0.312. The van der Waals surface area contributed by atoms with Crippen molar-refractivity contribution in [1.29, 1.82) is 0 Å². The number of benzene rings is 1. The summed E-state index contributed by atoms with van der Waals surface area (Å²) in [6.07, 6.45) is 0.877. The Hall–Kier alpha value is -2.21. The van der Waals surface area contributed by atoms with Gasteiger partial charge in [-0.1, -0.05) is 43.4 Å². The molecule has 0 saturated carbocycles. The summed E-state index contributed by atoms with van der Waals surface area (Å²) < 4.78 is 1.89. The molecule has 114 valence electrons. The highest BCUT2D eigenvalue weighted by atomic mass is 32.1. The van der Waals surface area contributed by atoms with Crippen LogP contribution in [-0.2, 0) is 13.5 Å². The predicted molar refractivity (Wildman–Crippen MR) is 89.3 cm³/mol. The summed E-state index contributed by atoms with van der Waals surface area (Å²) in [5, 5.41) is 13.5. The lowest BCUT2D eigenvalue weighted by molar-refractivity contribution is 0.101. The van der Waals surface area contributed by atoms with E-state index in [1.54, 1.807) is 0 Å². The van der Waals surface area contributed by atoms with Gasteiger partial charge in [0.25, 0.3) is 5.91 Å². The Labute approximate surface area is 133 Å². The summed E-state index contributed by atoms with van der Waals surface area (Å²) in [7, 11) is 1.89. The summed E-state index contributed by atoms with van der Waals surface area (Å²) >= 11 is 1.43. The van der Waals surface area contributed by atoms with E-state index in [4.69, 9.17) is 0 Å². The van der Waals surface area contributed by atoms with Crippen LogP contribution in [0.1, 0.15) is 29.3 Å². The molecular formula is C16H18N4OS. The van der Waals surface area contributed by atoms with Crippen molar-refractivity contribution in [1.82, 2.24) is 14.8 Å². The van der Waals surface area contributed by atoms with Gasteiger partial charge < -0.3 is 4.57 Å². The zero-order chi connectivity index (χ0) is 15.7. The van der Waals surface area contributed by atoms with Crippen LogP contribution in [0.5, 0.6) is 0 Å². The van der Waals surface area contributed by atoms with Gasteiger partial charge in [-0.05, 0) is 18.1 Å². The Morgan fingerprint density at radius 2 is 2.09 bits per heavy atom. The van der Waals surface area contributed by atoms with Crippen molar-refractivity contribution in [2.24, 2.45) is 13.0 Å². The fourth-order valence-corrected chi connectivity index (χ4v) is 3.35. The van der Waals surface area contributed by atoms with Crippen LogP contribution >= 0.6 is 11.3 Å². The molecule has 22 heavy (non-hydrogen) atoms. The average molecular weight is 314 g/mol. The minimum absolute atomic E-state index is 0.161. The monoisotopic (exact) mass is 314 g/mol. The van der Waals surface area contributed by atoms with Crippen LogP contribution in [0, 0.1) is 5.92 Å². The molecule has 0 aliphatic heterocycles. The predicted octanol–water partition coefficient (Wildman–Crippen LogP) is 3.48.